The number of hydrazine groups is 1. The minimum Gasteiger partial charge on any atom is -0.493 e. The molecule has 152 valence electrons. The van der Waals surface area contributed by atoms with Crippen molar-refractivity contribution in [1.82, 2.24) is 15.8 Å². The molecule has 9 heteroatoms. The van der Waals surface area contributed by atoms with Crippen LogP contribution in [0.4, 0.5) is 0 Å². The highest BCUT2D eigenvalue weighted by atomic mass is 35.5. The molecule has 7 nitrogen and oxygen atoms in total. The lowest BCUT2D eigenvalue weighted by Gasteiger charge is -2.29. The third-order valence-electron chi connectivity index (χ3n) is 5.02. The van der Waals surface area contributed by atoms with Crippen molar-refractivity contribution in [1.29, 1.82) is 0 Å². The molecule has 0 spiro atoms. The molecule has 2 unspecified atom stereocenters. The van der Waals surface area contributed by atoms with Gasteiger partial charge in [0.1, 0.15) is 11.8 Å². The van der Waals surface area contributed by atoms with Gasteiger partial charge in [-0.1, -0.05) is 11.6 Å². The van der Waals surface area contributed by atoms with Crippen LogP contribution in [0.1, 0.15) is 38.2 Å². The summed E-state index contributed by atoms with van der Waals surface area (Å²) >= 11 is 7.52. The number of thioether (sulfide) groups is 1. The highest BCUT2D eigenvalue weighted by Gasteiger charge is 2.52. The number of hydrogen-bond acceptors (Lipinski definition) is 5. The van der Waals surface area contributed by atoms with Crippen LogP contribution in [0.25, 0.3) is 0 Å². The fourth-order valence-corrected chi connectivity index (χ4v) is 5.14. The molecule has 0 aromatic heterocycles. The maximum atomic E-state index is 12.4. The molecule has 2 N–H and O–H groups in total. The van der Waals surface area contributed by atoms with E-state index in [0.29, 0.717) is 30.2 Å². The molecule has 3 amide bonds. The van der Waals surface area contributed by atoms with Crippen LogP contribution in [0, 0.1) is 6.92 Å². The second-order valence-corrected chi connectivity index (χ2v) is 9.10. The van der Waals surface area contributed by atoms with Gasteiger partial charge in [-0.15, -0.1) is 11.8 Å². The monoisotopic (exact) mass is 425 g/mol. The Balaban J connectivity index is 1.37. The molecule has 1 aromatic rings. The molecule has 28 heavy (non-hydrogen) atoms. The molecule has 3 rings (SSSR count). The van der Waals surface area contributed by atoms with Gasteiger partial charge in [0.15, 0.2) is 0 Å². The summed E-state index contributed by atoms with van der Waals surface area (Å²) in [7, 11) is 0. The van der Waals surface area contributed by atoms with Crippen LogP contribution < -0.4 is 15.6 Å². The number of aryl methyl sites for hydroxylation is 1. The first-order chi connectivity index (χ1) is 13.3. The van der Waals surface area contributed by atoms with Crippen LogP contribution in [0.2, 0.25) is 5.02 Å². The summed E-state index contributed by atoms with van der Waals surface area (Å²) < 4.78 is 5.65. The Morgan fingerprint density at radius 2 is 2.18 bits per heavy atom. The maximum absolute atomic E-state index is 12.4. The number of amides is 3. The number of benzene rings is 1. The Labute approximate surface area is 173 Å². The van der Waals surface area contributed by atoms with E-state index in [1.165, 1.54) is 0 Å². The quantitative estimate of drug-likeness (QED) is 0.539. The van der Waals surface area contributed by atoms with Crippen molar-refractivity contribution in [3.63, 3.8) is 0 Å². The standard InChI is InChI=1S/C19H24ClN3O4S/c1-12-10-13(20)5-6-15(12)27-9-3-4-16(24)21-22-18(26)14-11-28-19(2)8-7-17(25)23(14)19/h5-6,10,14H,3-4,7-9,11H2,1-2H3,(H,21,24)(H,22,26). The molecular formula is C19H24ClN3O4S. The van der Waals surface area contributed by atoms with Crippen molar-refractivity contribution in [2.24, 2.45) is 0 Å². The van der Waals surface area contributed by atoms with Crippen molar-refractivity contribution in [2.75, 3.05) is 12.4 Å². The zero-order chi connectivity index (χ0) is 20.3. The van der Waals surface area contributed by atoms with Gasteiger partial charge in [-0.3, -0.25) is 25.2 Å². The molecule has 0 bridgehead atoms. The maximum Gasteiger partial charge on any atom is 0.262 e. The Bertz CT molecular complexity index is 790. The van der Waals surface area contributed by atoms with Crippen LogP contribution in [-0.2, 0) is 14.4 Å². The summed E-state index contributed by atoms with van der Waals surface area (Å²) in [5.41, 5.74) is 5.81. The molecular weight excluding hydrogens is 402 g/mol. The van der Waals surface area contributed by atoms with Gasteiger partial charge >= 0.3 is 0 Å². The summed E-state index contributed by atoms with van der Waals surface area (Å²) in [5, 5.41) is 0.650. The average Bonchev–Trinajstić information content (AvgIpc) is 3.14. The van der Waals surface area contributed by atoms with E-state index in [-0.39, 0.29) is 29.0 Å². The Morgan fingerprint density at radius 3 is 2.93 bits per heavy atom. The van der Waals surface area contributed by atoms with Crippen molar-refractivity contribution in [3.05, 3.63) is 28.8 Å². The number of rotatable bonds is 6. The van der Waals surface area contributed by atoms with Crippen LogP contribution in [0.5, 0.6) is 5.75 Å². The molecule has 2 heterocycles. The third kappa shape index (κ3) is 4.55. The van der Waals surface area contributed by atoms with E-state index in [1.54, 1.807) is 28.8 Å². The van der Waals surface area contributed by atoms with Crippen LogP contribution >= 0.6 is 23.4 Å². The SMILES string of the molecule is Cc1cc(Cl)ccc1OCCCC(=O)NNC(=O)C1CSC2(C)CCC(=O)N12. The number of carbonyl (C=O) groups excluding carboxylic acids is 3. The van der Waals surface area contributed by atoms with E-state index in [1.807, 2.05) is 19.9 Å². The summed E-state index contributed by atoms with van der Waals surface area (Å²) in [6.07, 6.45) is 1.94. The average molecular weight is 426 g/mol. The highest BCUT2D eigenvalue weighted by Crippen LogP contribution is 2.47. The van der Waals surface area contributed by atoms with Gasteiger partial charge in [-0.25, -0.2) is 0 Å². The number of fused-ring (bicyclic) bond motifs is 1. The van der Waals surface area contributed by atoms with E-state index in [2.05, 4.69) is 10.9 Å². The molecule has 2 fully saturated rings. The second kappa shape index (κ2) is 8.61. The smallest absolute Gasteiger partial charge is 0.262 e. The second-order valence-electron chi connectivity index (χ2n) is 7.16. The molecule has 0 aliphatic carbocycles. The topological polar surface area (TPSA) is 87.7 Å². The molecule has 2 atom stereocenters. The van der Waals surface area contributed by atoms with Crippen molar-refractivity contribution >= 4 is 41.1 Å². The number of ether oxygens (including phenoxy) is 1. The first kappa shape index (κ1) is 20.8. The van der Waals surface area contributed by atoms with E-state index in [9.17, 15) is 14.4 Å². The fraction of sp³-hybridized carbons (Fsp3) is 0.526. The number of nitrogens with zero attached hydrogens (tertiary/aromatic N) is 1. The van der Waals surface area contributed by atoms with Crippen LogP contribution in [0.3, 0.4) is 0 Å². The van der Waals surface area contributed by atoms with E-state index >= 15 is 0 Å². The lowest BCUT2D eigenvalue weighted by molar-refractivity contribution is -0.139. The van der Waals surface area contributed by atoms with Gasteiger partial charge in [0, 0.05) is 23.6 Å². The number of carbonyl (C=O) groups is 3. The van der Waals surface area contributed by atoms with Gasteiger partial charge in [-0.2, -0.15) is 0 Å². The van der Waals surface area contributed by atoms with Crippen LogP contribution in [0.15, 0.2) is 18.2 Å². The Kier molecular flexibility index (Phi) is 6.40. The lowest BCUT2D eigenvalue weighted by Crippen LogP contribution is -2.54. The van der Waals surface area contributed by atoms with Crippen molar-refractivity contribution in [3.8, 4) is 5.75 Å². The van der Waals surface area contributed by atoms with E-state index in [4.69, 9.17) is 16.3 Å². The molecule has 2 aliphatic heterocycles. The van der Waals surface area contributed by atoms with Gasteiger partial charge in [0.25, 0.3) is 5.91 Å². The van der Waals surface area contributed by atoms with Crippen molar-refractivity contribution in [2.45, 2.75) is 50.4 Å². The predicted molar refractivity (Wildman–Crippen MR) is 108 cm³/mol. The normalized spacial score (nSPS) is 23.5. The van der Waals surface area contributed by atoms with Gasteiger partial charge in [-0.05, 0) is 50.5 Å². The molecule has 2 aliphatic rings. The first-order valence-electron chi connectivity index (χ1n) is 9.24. The summed E-state index contributed by atoms with van der Waals surface area (Å²) in [6, 6.07) is 4.83. The molecule has 0 radical (unpaired) electrons. The predicted octanol–water partition coefficient (Wildman–Crippen LogP) is 2.41. The first-order valence-corrected chi connectivity index (χ1v) is 10.6. The van der Waals surface area contributed by atoms with Crippen LogP contribution in [-0.4, -0.2) is 45.9 Å². The zero-order valence-corrected chi connectivity index (χ0v) is 17.5. The minimum absolute atomic E-state index is 0.00591. The van der Waals surface area contributed by atoms with E-state index < -0.39 is 6.04 Å². The van der Waals surface area contributed by atoms with Crippen molar-refractivity contribution < 1.29 is 19.1 Å². The number of halogens is 1. The third-order valence-corrected chi connectivity index (χ3v) is 6.76. The number of hydrogen-bond donors (Lipinski definition) is 2. The molecule has 2 saturated heterocycles. The Morgan fingerprint density at radius 1 is 1.39 bits per heavy atom. The summed E-state index contributed by atoms with van der Waals surface area (Å²) in [6.45, 7) is 4.27. The highest BCUT2D eigenvalue weighted by molar-refractivity contribution is 8.01. The van der Waals surface area contributed by atoms with Gasteiger partial charge < -0.3 is 9.64 Å². The summed E-state index contributed by atoms with van der Waals surface area (Å²) in [4.78, 5) is 37.8. The zero-order valence-electron chi connectivity index (χ0n) is 15.9. The lowest BCUT2D eigenvalue weighted by atomic mass is 10.2. The summed E-state index contributed by atoms with van der Waals surface area (Å²) in [5.74, 6) is 0.612. The fourth-order valence-electron chi connectivity index (χ4n) is 3.48. The number of nitrogens with one attached hydrogen (secondary N) is 2. The van der Waals surface area contributed by atoms with E-state index in [0.717, 1.165) is 17.7 Å². The largest absolute Gasteiger partial charge is 0.493 e. The molecule has 0 saturated carbocycles. The molecule has 1 aromatic carbocycles. The van der Waals surface area contributed by atoms with Gasteiger partial charge in [0.2, 0.25) is 11.8 Å². The Hall–Kier alpha value is -1.93. The van der Waals surface area contributed by atoms with Gasteiger partial charge in [0.05, 0.1) is 11.5 Å². The minimum atomic E-state index is -0.540.